The number of anilines is 1. The zero-order valence-corrected chi connectivity index (χ0v) is 12.1. The van der Waals surface area contributed by atoms with Crippen LogP contribution in [0.3, 0.4) is 0 Å². The molecular formula is C17H20FNO. The highest BCUT2D eigenvalue weighted by Gasteiger charge is 2.08. The average Bonchev–Trinajstić information content (AvgIpc) is 2.46. The lowest BCUT2D eigenvalue weighted by molar-refractivity contribution is 0.407. The van der Waals surface area contributed by atoms with Crippen LogP contribution in [-0.4, -0.2) is 7.11 Å². The monoisotopic (exact) mass is 273 g/mol. The molecule has 0 amide bonds. The summed E-state index contributed by atoms with van der Waals surface area (Å²) >= 11 is 0. The molecule has 2 nitrogen and oxygen atoms in total. The molecule has 0 saturated heterocycles. The summed E-state index contributed by atoms with van der Waals surface area (Å²) in [4.78, 5) is 0. The highest BCUT2D eigenvalue weighted by atomic mass is 19.1. The van der Waals surface area contributed by atoms with E-state index in [-0.39, 0.29) is 5.82 Å². The first-order valence-electron chi connectivity index (χ1n) is 6.77. The lowest BCUT2D eigenvalue weighted by Crippen LogP contribution is -2.03. The van der Waals surface area contributed by atoms with Crippen molar-refractivity contribution in [3.8, 4) is 5.75 Å². The molecule has 20 heavy (non-hydrogen) atoms. The zero-order chi connectivity index (χ0) is 14.5. The molecule has 3 heteroatoms. The molecule has 0 aliphatic rings. The van der Waals surface area contributed by atoms with Gasteiger partial charge in [-0.1, -0.05) is 38.1 Å². The van der Waals surface area contributed by atoms with Gasteiger partial charge in [-0.15, -0.1) is 0 Å². The molecule has 0 saturated carbocycles. The molecule has 2 rings (SSSR count). The minimum Gasteiger partial charge on any atom is -0.496 e. The van der Waals surface area contributed by atoms with Crippen molar-refractivity contribution in [2.24, 2.45) is 0 Å². The molecule has 0 unspecified atom stereocenters. The summed E-state index contributed by atoms with van der Waals surface area (Å²) in [6.07, 6.45) is 0. The van der Waals surface area contributed by atoms with Crippen molar-refractivity contribution in [2.75, 3.05) is 12.4 Å². The van der Waals surface area contributed by atoms with E-state index in [9.17, 15) is 4.39 Å². The Morgan fingerprint density at radius 1 is 1.15 bits per heavy atom. The largest absolute Gasteiger partial charge is 0.496 e. The highest BCUT2D eigenvalue weighted by Crippen LogP contribution is 2.27. The molecule has 0 bridgehead atoms. The Balaban J connectivity index is 2.14. The predicted molar refractivity (Wildman–Crippen MR) is 80.8 cm³/mol. The Morgan fingerprint density at radius 2 is 1.90 bits per heavy atom. The van der Waals surface area contributed by atoms with Crippen LogP contribution in [0.5, 0.6) is 5.75 Å². The molecule has 2 aromatic rings. The lowest BCUT2D eigenvalue weighted by atomic mass is 9.99. The maximum Gasteiger partial charge on any atom is 0.146 e. The summed E-state index contributed by atoms with van der Waals surface area (Å²) in [5, 5.41) is 3.12. The molecule has 0 atom stereocenters. The van der Waals surface area contributed by atoms with Crippen LogP contribution in [0.25, 0.3) is 0 Å². The fourth-order valence-corrected chi connectivity index (χ4v) is 2.15. The van der Waals surface area contributed by atoms with Gasteiger partial charge >= 0.3 is 0 Å². The van der Waals surface area contributed by atoms with Crippen LogP contribution in [0.15, 0.2) is 42.5 Å². The van der Waals surface area contributed by atoms with Crippen LogP contribution in [0, 0.1) is 5.82 Å². The van der Waals surface area contributed by atoms with Crippen LogP contribution in [0.2, 0.25) is 0 Å². The molecule has 0 radical (unpaired) electrons. The summed E-state index contributed by atoms with van der Waals surface area (Å²) in [6, 6.07) is 12.8. The van der Waals surface area contributed by atoms with Gasteiger partial charge in [0.2, 0.25) is 0 Å². The Labute approximate surface area is 119 Å². The third kappa shape index (κ3) is 3.29. The minimum atomic E-state index is -0.231. The van der Waals surface area contributed by atoms with E-state index in [4.69, 9.17) is 4.74 Å². The van der Waals surface area contributed by atoms with Gasteiger partial charge < -0.3 is 10.1 Å². The SMILES string of the molecule is COc1ccc(CNc2ccccc2F)cc1C(C)C. The summed E-state index contributed by atoms with van der Waals surface area (Å²) in [7, 11) is 1.68. The molecule has 0 aliphatic carbocycles. The molecule has 1 N–H and O–H groups in total. The van der Waals surface area contributed by atoms with Crippen molar-refractivity contribution in [3.05, 3.63) is 59.4 Å². The van der Waals surface area contributed by atoms with Crippen molar-refractivity contribution in [3.63, 3.8) is 0 Å². The number of benzene rings is 2. The summed E-state index contributed by atoms with van der Waals surface area (Å²) in [5.41, 5.74) is 2.80. The summed E-state index contributed by atoms with van der Waals surface area (Å²) in [5.74, 6) is 1.05. The Bertz CT molecular complexity index is 581. The van der Waals surface area contributed by atoms with Crippen LogP contribution in [0.4, 0.5) is 10.1 Å². The standard InChI is InChI=1S/C17H20FNO/c1-12(2)14-10-13(8-9-17(14)20-3)11-19-16-7-5-4-6-15(16)18/h4-10,12,19H,11H2,1-3H3. The number of methoxy groups -OCH3 is 1. The van der Waals surface area contributed by atoms with E-state index >= 15 is 0 Å². The highest BCUT2D eigenvalue weighted by molar-refractivity contribution is 5.46. The quantitative estimate of drug-likeness (QED) is 0.861. The normalized spacial score (nSPS) is 10.7. The topological polar surface area (TPSA) is 21.3 Å². The fourth-order valence-electron chi connectivity index (χ4n) is 2.15. The van der Waals surface area contributed by atoms with Crippen molar-refractivity contribution in [2.45, 2.75) is 26.3 Å². The first-order chi connectivity index (χ1) is 9.61. The maximum atomic E-state index is 13.5. The lowest BCUT2D eigenvalue weighted by Gasteiger charge is -2.14. The van der Waals surface area contributed by atoms with E-state index in [1.54, 1.807) is 19.2 Å². The van der Waals surface area contributed by atoms with Crippen LogP contribution in [-0.2, 0) is 6.54 Å². The van der Waals surface area contributed by atoms with E-state index in [1.807, 2.05) is 18.2 Å². The van der Waals surface area contributed by atoms with Crippen molar-refractivity contribution >= 4 is 5.69 Å². The Morgan fingerprint density at radius 3 is 2.55 bits per heavy atom. The van der Waals surface area contributed by atoms with Gasteiger partial charge in [0.1, 0.15) is 11.6 Å². The van der Waals surface area contributed by atoms with Crippen LogP contribution >= 0.6 is 0 Å². The third-order valence-electron chi connectivity index (χ3n) is 3.27. The molecular weight excluding hydrogens is 253 g/mol. The first kappa shape index (κ1) is 14.4. The second kappa shape index (κ2) is 6.42. The molecule has 106 valence electrons. The van der Waals surface area contributed by atoms with E-state index in [2.05, 4.69) is 25.2 Å². The number of halogens is 1. The van der Waals surface area contributed by atoms with Gasteiger partial charge in [0.15, 0.2) is 0 Å². The van der Waals surface area contributed by atoms with Gasteiger partial charge in [-0.05, 0) is 35.2 Å². The number of para-hydroxylation sites is 1. The Kier molecular flexibility index (Phi) is 4.61. The first-order valence-corrected chi connectivity index (χ1v) is 6.77. The summed E-state index contributed by atoms with van der Waals surface area (Å²) < 4.78 is 18.9. The zero-order valence-electron chi connectivity index (χ0n) is 12.1. The smallest absolute Gasteiger partial charge is 0.146 e. The van der Waals surface area contributed by atoms with E-state index in [1.165, 1.54) is 11.6 Å². The molecule has 2 aromatic carbocycles. The van der Waals surface area contributed by atoms with E-state index in [0.717, 1.165) is 11.3 Å². The van der Waals surface area contributed by atoms with E-state index < -0.39 is 0 Å². The van der Waals surface area contributed by atoms with Gasteiger partial charge in [-0.2, -0.15) is 0 Å². The van der Waals surface area contributed by atoms with Gasteiger partial charge in [0, 0.05) is 6.54 Å². The molecule has 0 aliphatic heterocycles. The van der Waals surface area contributed by atoms with Crippen LogP contribution < -0.4 is 10.1 Å². The number of hydrogen-bond acceptors (Lipinski definition) is 2. The third-order valence-corrected chi connectivity index (χ3v) is 3.27. The number of hydrogen-bond donors (Lipinski definition) is 1. The molecule has 0 aromatic heterocycles. The van der Waals surface area contributed by atoms with E-state index in [0.29, 0.717) is 18.2 Å². The molecule has 0 spiro atoms. The van der Waals surface area contributed by atoms with Gasteiger partial charge in [0.25, 0.3) is 0 Å². The minimum absolute atomic E-state index is 0.231. The number of rotatable bonds is 5. The predicted octanol–water partition coefficient (Wildman–Crippen LogP) is 4.57. The second-order valence-corrected chi connectivity index (χ2v) is 5.06. The second-order valence-electron chi connectivity index (χ2n) is 5.06. The fraction of sp³-hybridized carbons (Fsp3) is 0.294. The molecule has 0 fully saturated rings. The maximum absolute atomic E-state index is 13.5. The summed E-state index contributed by atoms with van der Waals surface area (Å²) in [6.45, 7) is 4.85. The number of nitrogens with one attached hydrogen (secondary N) is 1. The molecule has 0 heterocycles. The van der Waals surface area contributed by atoms with Crippen LogP contribution in [0.1, 0.15) is 30.9 Å². The van der Waals surface area contributed by atoms with Gasteiger partial charge in [-0.25, -0.2) is 4.39 Å². The van der Waals surface area contributed by atoms with Crippen molar-refractivity contribution in [1.29, 1.82) is 0 Å². The van der Waals surface area contributed by atoms with Crippen molar-refractivity contribution in [1.82, 2.24) is 0 Å². The Hall–Kier alpha value is -2.03. The average molecular weight is 273 g/mol. The van der Waals surface area contributed by atoms with Gasteiger partial charge in [-0.3, -0.25) is 0 Å². The number of ether oxygens (including phenoxy) is 1. The van der Waals surface area contributed by atoms with Crippen molar-refractivity contribution < 1.29 is 9.13 Å². The van der Waals surface area contributed by atoms with Gasteiger partial charge in [0.05, 0.1) is 12.8 Å².